The van der Waals surface area contributed by atoms with E-state index < -0.39 is 0 Å². The van der Waals surface area contributed by atoms with E-state index >= 15 is 0 Å². The van der Waals surface area contributed by atoms with Gasteiger partial charge in [-0.2, -0.15) is 0 Å². The Morgan fingerprint density at radius 3 is 2.62 bits per heavy atom. The summed E-state index contributed by atoms with van der Waals surface area (Å²) in [6.45, 7) is 3.90. The van der Waals surface area contributed by atoms with Gasteiger partial charge in [0.1, 0.15) is 11.8 Å². The lowest BCUT2D eigenvalue weighted by Crippen LogP contribution is -2.52. The largest absolute Gasteiger partial charge is 0.355 e. The van der Waals surface area contributed by atoms with Crippen molar-refractivity contribution in [1.82, 2.24) is 19.9 Å². The molecular weight excluding hydrogens is 300 g/mol. The summed E-state index contributed by atoms with van der Waals surface area (Å²) in [5, 5.41) is 0. The summed E-state index contributed by atoms with van der Waals surface area (Å²) < 4.78 is 0. The van der Waals surface area contributed by atoms with Crippen LogP contribution in [0.3, 0.4) is 0 Å². The maximum Gasteiger partial charge on any atom is 0.182 e. The number of hydrogen-bond donors (Lipinski definition) is 2. The fourth-order valence-corrected chi connectivity index (χ4v) is 3.45. The first-order valence-corrected chi connectivity index (χ1v) is 8.36. The van der Waals surface area contributed by atoms with Crippen LogP contribution in [-0.4, -0.2) is 38.6 Å². The van der Waals surface area contributed by atoms with Crippen molar-refractivity contribution in [2.75, 3.05) is 18.0 Å². The summed E-state index contributed by atoms with van der Waals surface area (Å²) in [5.74, 6) is 0.926. The van der Waals surface area contributed by atoms with Gasteiger partial charge in [-0.3, -0.25) is 0 Å². The van der Waals surface area contributed by atoms with Crippen LogP contribution in [0.15, 0.2) is 36.9 Å². The lowest BCUT2D eigenvalue weighted by molar-refractivity contribution is 0.330. The molecule has 3 aromatic rings. The third kappa shape index (κ3) is 2.85. The molecule has 124 valence electrons. The first-order valence-electron chi connectivity index (χ1n) is 8.36. The summed E-state index contributed by atoms with van der Waals surface area (Å²) in [7, 11) is 0. The smallest absolute Gasteiger partial charge is 0.182 e. The molecule has 24 heavy (non-hydrogen) atoms. The minimum absolute atomic E-state index is 0.147. The number of fused-ring (bicyclic) bond motifs is 1. The monoisotopic (exact) mass is 322 g/mol. The molecular formula is C18H22N6. The second kappa shape index (κ2) is 5.87. The number of aryl methyl sites for hydroxylation is 1. The number of hydrogen-bond acceptors (Lipinski definition) is 5. The van der Waals surface area contributed by atoms with Crippen LogP contribution in [0.5, 0.6) is 0 Å². The third-order valence-electron chi connectivity index (χ3n) is 4.94. The van der Waals surface area contributed by atoms with Crippen molar-refractivity contribution in [1.29, 1.82) is 0 Å². The average molecular weight is 322 g/mol. The summed E-state index contributed by atoms with van der Waals surface area (Å²) in [4.78, 5) is 18.3. The number of imidazole rings is 1. The van der Waals surface area contributed by atoms with Crippen molar-refractivity contribution < 1.29 is 0 Å². The fourth-order valence-electron chi connectivity index (χ4n) is 3.45. The Hall–Kier alpha value is -2.47. The van der Waals surface area contributed by atoms with Gasteiger partial charge < -0.3 is 15.6 Å². The Balaban J connectivity index is 1.48. The number of H-pyrrole nitrogens is 1. The highest BCUT2D eigenvalue weighted by molar-refractivity contribution is 5.82. The quantitative estimate of drug-likeness (QED) is 0.772. The number of anilines is 1. The molecule has 3 N–H and O–H groups in total. The van der Waals surface area contributed by atoms with Crippen molar-refractivity contribution in [2.45, 2.75) is 31.7 Å². The van der Waals surface area contributed by atoms with Crippen LogP contribution in [0.4, 0.5) is 5.82 Å². The van der Waals surface area contributed by atoms with Gasteiger partial charge in [-0.25, -0.2) is 15.0 Å². The topological polar surface area (TPSA) is 83.7 Å². The van der Waals surface area contributed by atoms with E-state index in [9.17, 15) is 0 Å². The van der Waals surface area contributed by atoms with E-state index in [-0.39, 0.29) is 5.54 Å². The number of rotatable bonds is 3. The zero-order chi connectivity index (χ0) is 16.6. The molecule has 0 saturated carbocycles. The Morgan fingerprint density at radius 2 is 1.88 bits per heavy atom. The van der Waals surface area contributed by atoms with E-state index in [0.29, 0.717) is 5.65 Å². The summed E-state index contributed by atoms with van der Waals surface area (Å²) in [5.41, 5.74) is 10.7. The molecule has 0 atom stereocenters. The molecule has 0 unspecified atom stereocenters. The minimum Gasteiger partial charge on any atom is -0.355 e. The standard InChI is InChI=1S/C18H22N6/c1-13-2-4-14(5-3-13)10-18(19)6-8-24(9-7-18)17-15-16(21-11-20-15)22-12-23-17/h2-5,11-12H,6-10,19H2,1H3,(H,20,21,22,23). The number of nitrogens with zero attached hydrogens (tertiary/aromatic N) is 4. The van der Waals surface area contributed by atoms with E-state index in [2.05, 4.69) is 56.0 Å². The van der Waals surface area contributed by atoms with Gasteiger partial charge in [0.05, 0.1) is 6.33 Å². The maximum atomic E-state index is 6.68. The number of nitrogens with one attached hydrogen (secondary N) is 1. The molecule has 1 aliphatic heterocycles. The first kappa shape index (κ1) is 15.1. The van der Waals surface area contributed by atoms with Crippen molar-refractivity contribution in [3.8, 4) is 0 Å². The van der Waals surface area contributed by atoms with Gasteiger partial charge in [0.25, 0.3) is 0 Å². The molecule has 3 heterocycles. The number of aromatic amines is 1. The zero-order valence-electron chi connectivity index (χ0n) is 13.9. The molecule has 0 spiro atoms. The van der Waals surface area contributed by atoms with Crippen LogP contribution in [0, 0.1) is 6.92 Å². The second-order valence-electron chi connectivity index (χ2n) is 6.81. The van der Waals surface area contributed by atoms with E-state index in [1.54, 1.807) is 12.7 Å². The molecule has 1 aromatic carbocycles. The van der Waals surface area contributed by atoms with Gasteiger partial charge in [0.15, 0.2) is 11.5 Å². The lowest BCUT2D eigenvalue weighted by atomic mass is 9.82. The molecule has 0 aliphatic carbocycles. The van der Waals surface area contributed by atoms with E-state index in [1.165, 1.54) is 11.1 Å². The predicted molar refractivity (Wildman–Crippen MR) is 94.9 cm³/mol. The minimum atomic E-state index is -0.147. The summed E-state index contributed by atoms with van der Waals surface area (Å²) >= 11 is 0. The van der Waals surface area contributed by atoms with E-state index in [0.717, 1.165) is 43.7 Å². The number of piperidine rings is 1. The second-order valence-corrected chi connectivity index (χ2v) is 6.81. The van der Waals surface area contributed by atoms with Gasteiger partial charge in [-0.05, 0) is 31.7 Å². The van der Waals surface area contributed by atoms with Crippen molar-refractivity contribution in [3.05, 3.63) is 48.0 Å². The van der Waals surface area contributed by atoms with Gasteiger partial charge in [0, 0.05) is 18.6 Å². The van der Waals surface area contributed by atoms with Gasteiger partial charge in [-0.1, -0.05) is 29.8 Å². The molecule has 2 aromatic heterocycles. The molecule has 6 heteroatoms. The molecule has 0 bridgehead atoms. The van der Waals surface area contributed by atoms with Gasteiger partial charge in [0.2, 0.25) is 0 Å². The van der Waals surface area contributed by atoms with Crippen LogP contribution >= 0.6 is 0 Å². The Bertz CT molecular complexity index is 830. The lowest BCUT2D eigenvalue weighted by Gasteiger charge is -2.40. The predicted octanol–water partition coefficient (Wildman–Crippen LogP) is 2.20. The van der Waals surface area contributed by atoms with Crippen LogP contribution in [-0.2, 0) is 6.42 Å². The molecule has 1 fully saturated rings. The van der Waals surface area contributed by atoms with E-state index in [4.69, 9.17) is 5.73 Å². The van der Waals surface area contributed by atoms with Gasteiger partial charge in [-0.15, -0.1) is 0 Å². The Morgan fingerprint density at radius 1 is 1.12 bits per heavy atom. The Kier molecular flexibility index (Phi) is 3.69. The van der Waals surface area contributed by atoms with Crippen molar-refractivity contribution in [3.63, 3.8) is 0 Å². The van der Waals surface area contributed by atoms with Gasteiger partial charge >= 0.3 is 0 Å². The van der Waals surface area contributed by atoms with Crippen LogP contribution < -0.4 is 10.6 Å². The third-order valence-corrected chi connectivity index (χ3v) is 4.94. The first-order chi connectivity index (χ1) is 11.6. The van der Waals surface area contributed by atoms with Crippen LogP contribution in [0.2, 0.25) is 0 Å². The number of aromatic nitrogens is 4. The SMILES string of the molecule is Cc1ccc(CC2(N)CCN(c3ncnc4nc[nH]c34)CC2)cc1. The molecule has 1 saturated heterocycles. The highest BCUT2D eigenvalue weighted by atomic mass is 15.2. The van der Waals surface area contributed by atoms with E-state index in [1.807, 2.05) is 0 Å². The zero-order valence-corrected chi connectivity index (χ0v) is 13.9. The summed E-state index contributed by atoms with van der Waals surface area (Å²) in [6, 6.07) is 8.69. The molecule has 0 radical (unpaired) electrons. The normalized spacial score (nSPS) is 17.3. The highest BCUT2D eigenvalue weighted by Crippen LogP contribution is 2.29. The number of benzene rings is 1. The summed E-state index contributed by atoms with van der Waals surface area (Å²) in [6.07, 6.45) is 6.05. The average Bonchev–Trinajstić information content (AvgIpc) is 3.06. The highest BCUT2D eigenvalue weighted by Gasteiger charge is 2.32. The van der Waals surface area contributed by atoms with Crippen molar-refractivity contribution in [2.24, 2.45) is 5.73 Å². The maximum absolute atomic E-state index is 6.68. The van der Waals surface area contributed by atoms with Crippen LogP contribution in [0.1, 0.15) is 24.0 Å². The molecule has 4 rings (SSSR count). The molecule has 6 nitrogen and oxygen atoms in total. The Labute approximate surface area is 141 Å². The molecule has 1 aliphatic rings. The number of nitrogens with two attached hydrogens (primary N) is 1. The van der Waals surface area contributed by atoms with Crippen molar-refractivity contribution >= 4 is 17.0 Å². The van der Waals surface area contributed by atoms with Crippen LogP contribution in [0.25, 0.3) is 11.2 Å². The molecule has 0 amide bonds. The fraction of sp³-hybridized carbons (Fsp3) is 0.389.